The number of hydrogen-bond donors (Lipinski definition) is 2. The minimum Gasteiger partial charge on any atom is -0.490 e. The minimum absolute atomic E-state index is 0.147. The summed E-state index contributed by atoms with van der Waals surface area (Å²) in [4.78, 5) is 4.27. The molecule has 1 aliphatic rings. The molecule has 27 heavy (non-hydrogen) atoms. The number of fused-ring (bicyclic) bond motifs is 1. The van der Waals surface area contributed by atoms with E-state index in [1.54, 1.807) is 14.2 Å². The van der Waals surface area contributed by atoms with Gasteiger partial charge in [0, 0.05) is 43.9 Å². The molecule has 2 N–H and O–H groups in total. The normalized spacial score (nSPS) is 15.0. The Hall–Kier alpha value is -2.44. The molecule has 1 aliphatic heterocycles. The Morgan fingerprint density at radius 1 is 1.19 bits per heavy atom. The predicted molar refractivity (Wildman–Crippen MR) is 108 cm³/mol. The first-order valence-corrected chi connectivity index (χ1v) is 9.23. The van der Waals surface area contributed by atoms with Crippen LogP contribution in [0, 0.1) is 0 Å². The lowest BCUT2D eigenvalue weighted by atomic mass is 10.1. The molecule has 0 fully saturated rings. The van der Waals surface area contributed by atoms with Crippen molar-refractivity contribution in [1.82, 2.24) is 5.32 Å². The third kappa shape index (κ3) is 5.28. The van der Waals surface area contributed by atoms with Gasteiger partial charge in [-0.15, -0.1) is 0 Å². The molecule has 7 heteroatoms. The van der Waals surface area contributed by atoms with Crippen LogP contribution in [0.5, 0.6) is 11.5 Å². The van der Waals surface area contributed by atoms with E-state index in [1.807, 2.05) is 42.5 Å². The van der Waals surface area contributed by atoms with Gasteiger partial charge in [-0.1, -0.05) is 23.7 Å². The van der Waals surface area contributed by atoms with Crippen LogP contribution in [-0.4, -0.2) is 39.9 Å². The largest absolute Gasteiger partial charge is 0.490 e. The first kappa shape index (κ1) is 19.3. The molecule has 0 amide bonds. The Balaban J connectivity index is 1.63. The Morgan fingerprint density at radius 2 is 2.00 bits per heavy atom. The number of aliphatic imine (C=N–C) groups is 1. The third-order valence-electron chi connectivity index (χ3n) is 4.19. The van der Waals surface area contributed by atoms with Gasteiger partial charge in [-0.05, 0) is 29.8 Å². The summed E-state index contributed by atoms with van der Waals surface area (Å²) < 4.78 is 17.0. The van der Waals surface area contributed by atoms with Crippen LogP contribution in [0.1, 0.15) is 18.1 Å². The van der Waals surface area contributed by atoms with Crippen LogP contribution in [0.2, 0.25) is 5.02 Å². The van der Waals surface area contributed by atoms with Gasteiger partial charge in [0.25, 0.3) is 0 Å². The van der Waals surface area contributed by atoms with Crippen molar-refractivity contribution in [1.29, 1.82) is 0 Å². The van der Waals surface area contributed by atoms with Crippen LogP contribution in [-0.2, 0) is 4.74 Å². The zero-order valence-corrected chi connectivity index (χ0v) is 16.3. The maximum Gasteiger partial charge on any atom is 0.195 e. The number of rotatable bonds is 5. The SMILES string of the molecule is CN=C(NCC(OC)c1cccc(Cl)c1)Nc1ccc2c(c1)OCCCO2. The van der Waals surface area contributed by atoms with Crippen molar-refractivity contribution in [3.63, 3.8) is 0 Å². The minimum atomic E-state index is -0.147. The molecule has 2 aromatic carbocycles. The molecule has 144 valence electrons. The first-order valence-electron chi connectivity index (χ1n) is 8.85. The van der Waals surface area contributed by atoms with E-state index < -0.39 is 0 Å². The number of guanidine groups is 1. The Labute approximate surface area is 164 Å². The number of benzene rings is 2. The summed E-state index contributed by atoms with van der Waals surface area (Å²) in [5.74, 6) is 2.14. The van der Waals surface area contributed by atoms with Crippen LogP contribution in [0.4, 0.5) is 5.69 Å². The van der Waals surface area contributed by atoms with Gasteiger partial charge >= 0.3 is 0 Å². The van der Waals surface area contributed by atoms with Crippen LogP contribution in [0.3, 0.4) is 0 Å². The highest BCUT2D eigenvalue weighted by molar-refractivity contribution is 6.30. The number of methoxy groups -OCH3 is 1. The quantitative estimate of drug-likeness (QED) is 0.600. The number of anilines is 1. The highest BCUT2D eigenvalue weighted by Gasteiger charge is 2.14. The van der Waals surface area contributed by atoms with Crippen molar-refractivity contribution in [2.75, 3.05) is 39.2 Å². The second-order valence-electron chi connectivity index (χ2n) is 6.07. The van der Waals surface area contributed by atoms with Gasteiger partial charge in [-0.3, -0.25) is 4.99 Å². The Bertz CT molecular complexity index is 798. The molecule has 2 aromatic rings. The van der Waals surface area contributed by atoms with E-state index in [0.717, 1.165) is 29.2 Å². The van der Waals surface area contributed by atoms with E-state index in [0.29, 0.717) is 30.7 Å². The average molecular weight is 390 g/mol. The molecule has 0 saturated carbocycles. The number of nitrogens with one attached hydrogen (secondary N) is 2. The van der Waals surface area contributed by atoms with Crippen molar-refractivity contribution in [2.24, 2.45) is 4.99 Å². The molecule has 0 aromatic heterocycles. The van der Waals surface area contributed by atoms with Crippen molar-refractivity contribution < 1.29 is 14.2 Å². The molecule has 0 aliphatic carbocycles. The van der Waals surface area contributed by atoms with Crippen LogP contribution in [0.15, 0.2) is 47.5 Å². The van der Waals surface area contributed by atoms with E-state index in [-0.39, 0.29) is 6.10 Å². The maximum atomic E-state index is 6.08. The average Bonchev–Trinajstić information content (AvgIpc) is 2.92. The predicted octanol–water partition coefficient (Wildman–Crippen LogP) is 3.88. The van der Waals surface area contributed by atoms with Gasteiger partial charge in [0.15, 0.2) is 17.5 Å². The lowest BCUT2D eigenvalue weighted by Gasteiger charge is -2.19. The summed E-state index contributed by atoms with van der Waals surface area (Å²) in [6, 6.07) is 13.4. The summed E-state index contributed by atoms with van der Waals surface area (Å²) in [5, 5.41) is 7.23. The van der Waals surface area contributed by atoms with Crippen molar-refractivity contribution >= 4 is 23.2 Å². The van der Waals surface area contributed by atoms with Gasteiger partial charge in [0.2, 0.25) is 0 Å². The van der Waals surface area contributed by atoms with Crippen molar-refractivity contribution in [3.05, 3.63) is 53.1 Å². The molecular weight excluding hydrogens is 366 g/mol. The number of ether oxygens (including phenoxy) is 3. The summed E-state index contributed by atoms with van der Waals surface area (Å²) in [6.07, 6.45) is 0.730. The summed E-state index contributed by atoms with van der Waals surface area (Å²) in [6.45, 7) is 1.87. The summed E-state index contributed by atoms with van der Waals surface area (Å²) in [7, 11) is 3.40. The molecule has 0 spiro atoms. The topological polar surface area (TPSA) is 64.1 Å². The standard InChI is InChI=1S/C20H24ClN3O3/c1-22-20(23-13-19(25-2)14-5-3-6-15(21)11-14)24-16-7-8-17-18(12-16)27-10-4-9-26-17/h3,5-8,11-12,19H,4,9-10,13H2,1-2H3,(H2,22,23,24). The van der Waals surface area contributed by atoms with Gasteiger partial charge in [-0.2, -0.15) is 0 Å². The second-order valence-corrected chi connectivity index (χ2v) is 6.51. The number of halogens is 1. The van der Waals surface area contributed by atoms with Gasteiger partial charge < -0.3 is 24.8 Å². The molecule has 3 rings (SSSR count). The molecule has 1 atom stereocenters. The first-order chi connectivity index (χ1) is 13.2. The second kappa shape index (κ2) is 9.48. The highest BCUT2D eigenvalue weighted by Crippen LogP contribution is 2.32. The zero-order valence-electron chi connectivity index (χ0n) is 15.5. The third-order valence-corrected chi connectivity index (χ3v) is 4.43. The fourth-order valence-electron chi connectivity index (χ4n) is 2.79. The Morgan fingerprint density at radius 3 is 2.74 bits per heavy atom. The lowest BCUT2D eigenvalue weighted by Crippen LogP contribution is -2.34. The molecular formula is C20H24ClN3O3. The lowest BCUT2D eigenvalue weighted by molar-refractivity contribution is 0.106. The van der Waals surface area contributed by atoms with E-state index in [2.05, 4.69) is 15.6 Å². The molecule has 0 bridgehead atoms. The maximum absolute atomic E-state index is 6.08. The smallest absolute Gasteiger partial charge is 0.195 e. The Kier molecular flexibility index (Phi) is 6.79. The fraction of sp³-hybridized carbons (Fsp3) is 0.350. The van der Waals surface area contributed by atoms with Crippen molar-refractivity contribution in [2.45, 2.75) is 12.5 Å². The summed E-state index contributed by atoms with van der Waals surface area (Å²) >= 11 is 6.08. The molecule has 6 nitrogen and oxygen atoms in total. The van der Waals surface area contributed by atoms with Gasteiger partial charge in [0.1, 0.15) is 0 Å². The fourth-order valence-corrected chi connectivity index (χ4v) is 2.99. The van der Waals surface area contributed by atoms with E-state index >= 15 is 0 Å². The van der Waals surface area contributed by atoms with Crippen molar-refractivity contribution in [3.8, 4) is 11.5 Å². The van der Waals surface area contributed by atoms with Crippen LogP contribution >= 0.6 is 11.6 Å². The van der Waals surface area contributed by atoms with E-state index in [4.69, 9.17) is 25.8 Å². The van der Waals surface area contributed by atoms with Crippen LogP contribution in [0.25, 0.3) is 0 Å². The van der Waals surface area contributed by atoms with E-state index in [9.17, 15) is 0 Å². The molecule has 1 unspecified atom stereocenters. The van der Waals surface area contributed by atoms with Gasteiger partial charge in [-0.25, -0.2) is 0 Å². The monoisotopic (exact) mass is 389 g/mol. The molecule has 0 saturated heterocycles. The van der Waals surface area contributed by atoms with Gasteiger partial charge in [0.05, 0.1) is 19.3 Å². The number of hydrogen-bond acceptors (Lipinski definition) is 4. The molecule has 1 heterocycles. The van der Waals surface area contributed by atoms with Crippen LogP contribution < -0.4 is 20.1 Å². The molecule has 0 radical (unpaired) electrons. The van der Waals surface area contributed by atoms with E-state index in [1.165, 1.54) is 0 Å². The number of nitrogens with zero attached hydrogens (tertiary/aromatic N) is 1. The zero-order chi connectivity index (χ0) is 19.1. The summed E-state index contributed by atoms with van der Waals surface area (Å²) in [5.41, 5.74) is 1.87. The highest BCUT2D eigenvalue weighted by atomic mass is 35.5.